The average Bonchev–Trinajstić information content (AvgIpc) is 3.14. The number of hydrogen-bond acceptors (Lipinski definition) is 6. The Bertz CT molecular complexity index is 1130. The Morgan fingerprint density at radius 2 is 2.10 bits per heavy atom. The first-order chi connectivity index (χ1) is 14.9. The highest BCUT2D eigenvalue weighted by Gasteiger charge is 2.24. The Labute approximate surface area is 180 Å². The molecule has 1 atom stereocenters. The highest BCUT2D eigenvalue weighted by Crippen LogP contribution is 2.36. The zero-order chi connectivity index (χ0) is 22.0. The molecular formula is C24H25N3O4. The summed E-state index contributed by atoms with van der Waals surface area (Å²) >= 11 is 0. The number of rotatable bonds is 7. The van der Waals surface area contributed by atoms with Crippen LogP contribution in [0, 0.1) is 19.8 Å². The van der Waals surface area contributed by atoms with Crippen LogP contribution in [0.3, 0.4) is 0 Å². The van der Waals surface area contributed by atoms with E-state index in [1.54, 1.807) is 19.3 Å². The van der Waals surface area contributed by atoms with Gasteiger partial charge in [-0.05, 0) is 50.8 Å². The average molecular weight is 419 g/mol. The molecule has 0 spiro atoms. The number of benzene rings is 1. The molecule has 1 aromatic carbocycles. The van der Waals surface area contributed by atoms with E-state index in [1.165, 1.54) is 0 Å². The van der Waals surface area contributed by atoms with Gasteiger partial charge in [0.05, 0.1) is 30.1 Å². The molecule has 1 N–H and O–H groups in total. The second-order valence-electron chi connectivity index (χ2n) is 7.70. The highest BCUT2D eigenvalue weighted by molar-refractivity contribution is 5.88. The van der Waals surface area contributed by atoms with Crippen molar-refractivity contribution in [1.29, 1.82) is 0 Å². The number of carboxylic acid groups (broad SMARTS) is 1. The maximum atomic E-state index is 11.5. The van der Waals surface area contributed by atoms with E-state index in [9.17, 15) is 9.90 Å². The van der Waals surface area contributed by atoms with Gasteiger partial charge >= 0.3 is 5.97 Å². The van der Waals surface area contributed by atoms with Crippen LogP contribution < -0.4 is 4.74 Å². The first-order valence-electron chi connectivity index (χ1n) is 10.4. The van der Waals surface area contributed by atoms with Crippen molar-refractivity contribution in [2.24, 2.45) is 5.92 Å². The molecule has 0 saturated carbocycles. The summed E-state index contributed by atoms with van der Waals surface area (Å²) in [7, 11) is 0. The lowest BCUT2D eigenvalue weighted by molar-refractivity contribution is -0.139. The third kappa shape index (κ3) is 4.35. The molecule has 7 nitrogen and oxygen atoms in total. The van der Waals surface area contributed by atoms with Crippen LogP contribution in [0.1, 0.15) is 41.6 Å². The van der Waals surface area contributed by atoms with Crippen LogP contribution in [-0.4, -0.2) is 32.6 Å². The Morgan fingerprint density at radius 3 is 2.84 bits per heavy atom. The second-order valence-corrected chi connectivity index (χ2v) is 7.70. The highest BCUT2D eigenvalue weighted by atomic mass is 16.5. The van der Waals surface area contributed by atoms with Crippen LogP contribution in [-0.2, 0) is 17.6 Å². The Morgan fingerprint density at radius 1 is 1.26 bits per heavy atom. The van der Waals surface area contributed by atoms with E-state index in [4.69, 9.17) is 9.15 Å². The largest absolute Gasteiger partial charge is 0.493 e. The summed E-state index contributed by atoms with van der Waals surface area (Å²) in [5.41, 5.74) is 5.15. The van der Waals surface area contributed by atoms with Crippen LogP contribution in [0.15, 0.2) is 41.1 Å². The van der Waals surface area contributed by atoms with Crippen molar-refractivity contribution in [3.8, 4) is 17.3 Å². The second kappa shape index (κ2) is 8.71. The first-order valence-corrected chi connectivity index (χ1v) is 10.4. The molecule has 1 unspecified atom stereocenters. The number of allylic oxidation sites excluding steroid dienone is 1. The van der Waals surface area contributed by atoms with Gasteiger partial charge in [-0.15, -0.1) is 0 Å². The number of carbonyl (C=O) groups is 1. The summed E-state index contributed by atoms with van der Waals surface area (Å²) in [5.74, 6) is 0.619. The maximum absolute atomic E-state index is 11.5. The third-order valence-electron chi connectivity index (χ3n) is 5.53. The first kappa shape index (κ1) is 20.8. The molecule has 1 aliphatic rings. The number of oxazole rings is 1. The number of aromatic nitrogens is 3. The molecular weight excluding hydrogens is 394 g/mol. The van der Waals surface area contributed by atoms with Crippen molar-refractivity contribution in [2.45, 2.75) is 40.0 Å². The predicted molar refractivity (Wildman–Crippen MR) is 116 cm³/mol. The van der Waals surface area contributed by atoms with E-state index >= 15 is 0 Å². The molecule has 2 aromatic heterocycles. The molecule has 1 aliphatic carbocycles. The monoisotopic (exact) mass is 419 g/mol. The van der Waals surface area contributed by atoms with Gasteiger partial charge in [0.15, 0.2) is 0 Å². The van der Waals surface area contributed by atoms with Gasteiger partial charge in [0.1, 0.15) is 17.2 Å². The van der Waals surface area contributed by atoms with Crippen molar-refractivity contribution in [2.75, 3.05) is 6.61 Å². The van der Waals surface area contributed by atoms with Gasteiger partial charge in [-0.1, -0.05) is 18.2 Å². The van der Waals surface area contributed by atoms with E-state index < -0.39 is 11.9 Å². The van der Waals surface area contributed by atoms with E-state index in [2.05, 4.69) is 15.0 Å². The van der Waals surface area contributed by atoms with Gasteiger partial charge in [0.25, 0.3) is 0 Å². The van der Waals surface area contributed by atoms with Crippen molar-refractivity contribution < 1.29 is 19.1 Å². The summed E-state index contributed by atoms with van der Waals surface area (Å²) in [6.07, 6.45) is 7.60. The lowest BCUT2D eigenvalue weighted by Gasteiger charge is -2.23. The van der Waals surface area contributed by atoms with Crippen molar-refractivity contribution in [3.05, 3.63) is 64.9 Å². The zero-order valence-corrected chi connectivity index (χ0v) is 17.9. The molecule has 0 amide bonds. The summed E-state index contributed by atoms with van der Waals surface area (Å²) in [6.45, 7) is 5.92. The van der Waals surface area contributed by atoms with Gasteiger partial charge in [-0.25, -0.2) is 9.97 Å². The lowest BCUT2D eigenvalue weighted by Crippen LogP contribution is -2.15. The molecule has 2 heterocycles. The Kier molecular flexibility index (Phi) is 5.84. The molecule has 0 bridgehead atoms. The van der Waals surface area contributed by atoms with Crippen LogP contribution in [0.4, 0.5) is 0 Å². The minimum Gasteiger partial charge on any atom is -0.493 e. The quantitative estimate of drug-likeness (QED) is 0.605. The standard InChI is InChI=1S/C24H25N3O4/c1-14-12-26-21(13-25-14)23-27-20(16(3)31-23)10-11-30-22-9-5-7-18-17(15(2)24(28)29)6-4-8-19(18)22/h5-7,9,12-13,15H,4,8,10-11H2,1-3H3,(H,28,29). The van der Waals surface area contributed by atoms with Gasteiger partial charge < -0.3 is 14.3 Å². The fourth-order valence-electron chi connectivity index (χ4n) is 3.78. The molecule has 160 valence electrons. The SMILES string of the molecule is Cc1cnc(-c2nc(CCOc3cccc4c3CCC=C4C(C)C(=O)O)c(C)o2)cn1. The molecule has 3 aromatic rings. The number of nitrogens with zero attached hydrogens (tertiary/aromatic N) is 3. The molecule has 0 aliphatic heterocycles. The molecule has 0 fully saturated rings. The zero-order valence-electron chi connectivity index (χ0n) is 17.9. The molecule has 0 radical (unpaired) electrons. The minimum absolute atomic E-state index is 0.441. The number of ether oxygens (including phenoxy) is 1. The van der Waals surface area contributed by atoms with Gasteiger partial charge in [-0.3, -0.25) is 9.78 Å². The van der Waals surface area contributed by atoms with E-state index in [0.29, 0.717) is 24.6 Å². The Hall–Kier alpha value is -3.48. The fourth-order valence-corrected chi connectivity index (χ4v) is 3.78. The number of carboxylic acids is 1. The molecule has 7 heteroatoms. The topological polar surface area (TPSA) is 98.3 Å². The normalized spacial score (nSPS) is 14.0. The van der Waals surface area contributed by atoms with Crippen LogP contribution >= 0.6 is 0 Å². The van der Waals surface area contributed by atoms with Gasteiger partial charge in [0, 0.05) is 18.2 Å². The van der Waals surface area contributed by atoms with Gasteiger partial charge in [0.2, 0.25) is 5.89 Å². The molecule has 4 rings (SSSR count). The number of aryl methyl sites for hydroxylation is 2. The lowest BCUT2D eigenvalue weighted by atomic mass is 9.84. The number of hydrogen-bond donors (Lipinski definition) is 1. The van der Waals surface area contributed by atoms with E-state index in [-0.39, 0.29) is 0 Å². The summed E-state index contributed by atoms with van der Waals surface area (Å²) < 4.78 is 11.9. The summed E-state index contributed by atoms with van der Waals surface area (Å²) in [6, 6.07) is 5.83. The van der Waals surface area contributed by atoms with Crippen molar-refractivity contribution >= 4 is 11.5 Å². The van der Waals surface area contributed by atoms with Crippen LogP contribution in [0.2, 0.25) is 0 Å². The molecule has 0 saturated heterocycles. The summed E-state index contributed by atoms with van der Waals surface area (Å²) in [4.78, 5) is 24.6. The van der Waals surface area contributed by atoms with Crippen molar-refractivity contribution in [3.63, 3.8) is 0 Å². The van der Waals surface area contributed by atoms with E-state index in [1.807, 2.05) is 38.1 Å². The molecule has 31 heavy (non-hydrogen) atoms. The van der Waals surface area contributed by atoms with Crippen LogP contribution in [0.5, 0.6) is 5.75 Å². The minimum atomic E-state index is -0.819. The maximum Gasteiger partial charge on any atom is 0.310 e. The van der Waals surface area contributed by atoms with Crippen molar-refractivity contribution in [1.82, 2.24) is 15.0 Å². The van der Waals surface area contributed by atoms with E-state index in [0.717, 1.165) is 52.4 Å². The summed E-state index contributed by atoms with van der Waals surface area (Å²) in [5, 5.41) is 9.42. The number of fused-ring (bicyclic) bond motifs is 1. The fraction of sp³-hybridized carbons (Fsp3) is 0.333. The number of aliphatic carboxylic acids is 1. The smallest absolute Gasteiger partial charge is 0.310 e. The van der Waals surface area contributed by atoms with Gasteiger partial charge in [-0.2, -0.15) is 0 Å². The predicted octanol–water partition coefficient (Wildman–Crippen LogP) is 4.42. The Balaban J connectivity index is 1.47. The third-order valence-corrected chi connectivity index (χ3v) is 5.53. The van der Waals surface area contributed by atoms with Crippen LogP contribution in [0.25, 0.3) is 17.2 Å².